The molecule has 0 saturated carbocycles. The number of anilines is 1. The molecule has 0 amide bonds. The van der Waals surface area contributed by atoms with Gasteiger partial charge in [-0.25, -0.2) is 0 Å². The van der Waals surface area contributed by atoms with E-state index in [0.717, 1.165) is 16.7 Å². The summed E-state index contributed by atoms with van der Waals surface area (Å²) in [4.78, 5) is 0. The van der Waals surface area contributed by atoms with Crippen molar-refractivity contribution in [2.24, 2.45) is 0 Å². The molecule has 0 unspecified atom stereocenters. The average Bonchev–Trinajstić information content (AvgIpc) is 2.90. The molecule has 1 aromatic heterocycles. The quantitative estimate of drug-likeness (QED) is 0.496. The first kappa shape index (κ1) is 13.0. The molecule has 0 aliphatic heterocycles. The highest BCUT2D eigenvalue weighted by Gasteiger charge is 2.12. The Morgan fingerprint density at radius 1 is 0.682 bits per heavy atom. The molecular weight excluding hydrogens is 288 g/mol. The Morgan fingerprint density at radius 3 is 1.77 bits per heavy atom. The van der Waals surface area contributed by atoms with Gasteiger partial charge in [0.05, 0.1) is 11.0 Å². The van der Waals surface area contributed by atoms with E-state index in [2.05, 4.69) is 46.3 Å². The zero-order valence-electron chi connectivity index (χ0n) is 11.9. The molecule has 1 heterocycles. The van der Waals surface area contributed by atoms with Crippen molar-refractivity contribution in [1.82, 2.24) is 4.57 Å². The van der Waals surface area contributed by atoms with Crippen LogP contribution in [0.3, 0.4) is 0 Å². The summed E-state index contributed by atoms with van der Waals surface area (Å²) in [5, 5.41) is 6.44. The van der Waals surface area contributed by atoms with Gasteiger partial charge in [0.25, 0.3) is 0 Å². The largest absolute Gasteiger partial charge is 0.332 e. The summed E-state index contributed by atoms with van der Waals surface area (Å²) in [5.41, 5.74) is 3.24. The van der Waals surface area contributed by atoms with Crippen LogP contribution in [0.1, 0.15) is 0 Å². The standard InChI is InChI=1S/C19H14N2S/c22-19(20-14-8-2-1-3-9-14)21-17-12-6-4-10-15(17)16-11-5-7-13-18(16)21/h1-13H,(H,20,22). The number of benzene rings is 3. The number of nitrogens with one attached hydrogen (secondary N) is 1. The third-order valence-electron chi connectivity index (χ3n) is 3.81. The van der Waals surface area contributed by atoms with Crippen LogP contribution in [0.2, 0.25) is 0 Å². The van der Waals surface area contributed by atoms with Crippen molar-refractivity contribution in [3.8, 4) is 0 Å². The molecule has 4 aromatic rings. The van der Waals surface area contributed by atoms with E-state index in [1.165, 1.54) is 10.8 Å². The van der Waals surface area contributed by atoms with Crippen molar-refractivity contribution in [1.29, 1.82) is 0 Å². The number of nitrogens with zero attached hydrogens (tertiary/aromatic N) is 1. The zero-order valence-corrected chi connectivity index (χ0v) is 12.7. The Bertz CT molecular complexity index is 917. The van der Waals surface area contributed by atoms with E-state index in [0.29, 0.717) is 5.11 Å². The first-order chi connectivity index (χ1) is 10.8. The van der Waals surface area contributed by atoms with E-state index < -0.39 is 0 Å². The van der Waals surface area contributed by atoms with Crippen LogP contribution < -0.4 is 5.32 Å². The minimum Gasteiger partial charge on any atom is -0.332 e. The first-order valence-electron chi connectivity index (χ1n) is 7.19. The Balaban J connectivity index is 1.91. The molecule has 3 heteroatoms. The van der Waals surface area contributed by atoms with Crippen LogP contribution in [-0.4, -0.2) is 9.68 Å². The minimum atomic E-state index is 0.684. The van der Waals surface area contributed by atoms with Gasteiger partial charge in [-0.2, -0.15) is 0 Å². The lowest BCUT2D eigenvalue weighted by Crippen LogP contribution is -2.18. The number of hydrogen-bond donors (Lipinski definition) is 1. The third-order valence-corrected chi connectivity index (χ3v) is 4.09. The van der Waals surface area contributed by atoms with E-state index in [4.69, 9.17) is 12.2 Å². The minimum absolute atomic E-state index is 0.684. The molecule has 0 aliphatic carbocycles. The number of thiocarbonyl (C=S) groups is 1. The monoisotopic (exact) mass is 302 g/mol. The van der Waals surface area contributed by atoms with Crippen LogP contribution in [0.25, 0.3) is 21.8 Å². The van der Waals surface area contributed by atoms with E-state index in [9.17, 15) is 0 Å². The lowest BCUT2D eigenvalue weighted by Gasteiger charge is -2.11. The van der Waals surface area contributed by atoms with Crippen molar-refractivity contribution in [3.63, 3.8) is 0 Å². The van der Waals surface area contributed by atoms with Gasteiger partial charge in [-0.1, -0.05) is 54.6 Å². The predicted octanol–water partition coefficient (Wildman–Crippen LogP) is 5.04. The lowest BCUT2D eigenvalue weighted by molar-refractivity contribution is 1.30. The Morgan fingerprint density at radius 2 is 1.18 bits per heavy atom. The van der Waals surface area contributed by atoms with Gasteiger partial charge >= 0.3 is 0 Å². The van der Waals surface area contributed by atoms with Crippen LogP contribution >= 0.6 is 12.2 Å². The van der Waals surface area contributed by atoms with Crippen molar-refractivity contribution in [3.05, 3.63) is 78.9 Å². The molecule has 106 valence electrons. The molecular formula is C19H14N2S. The van der Waals surface area contributed by atoms with E-state index >= 15 is 0 Å². The van der Waals surface area contributed by atoms with E-state index in [1.807, 2.05) is 42.5 Å². The van der Waals surface area contributed by atoms with E-state index in [-0.39, 0.29) is 0 Å². The molecule has 0 radical (unpaired) electrons. The fourth-order valence-corrected chi connectivity index (χ4v) is 3.16. The molecule has 22 heavy (non-hydrogen) atoms. The normalized spacial score (nSPS) is 10.9. The first-order valence-corrected chi connectivity index (χ1v) is 7.60. The summed E-state index contributed by atoms with van der Waals surface area (Å²) in [5.74, 6) is 0. The molecule has 1 N–H and O–H groups in total. The van der Waals surface area contributed by atoms with Gasteiger partial charge in [-0.3, -0.25) is 4.57 Å². The second-order valence-corrected chi connectivity index (χ2v) is 5.55. The molecule has 0 fully saturated rings. The summed E-state index contributed by atoms with van der Waals surface area (Å²) < 4.78 is 2.10. The van der Waals surface area contributed by atoms with E-state index in [1.54, 1.807) is 0 Å². The fraction of sp³-hybridized carbons (Fsp3) is 0. The maximum absolute atomic E-state index is 5.66. The van der Waals surface area contributed by atoms with Gasteiger partial charge in [0.2, 0.25) is 0 Å². The average molecular weight is 302 g/mol. The number of rotatable bonds is 1. The van der Waals surface area contributed by atoms with Gasteiger partial charge in [0.1, 0.15) is 0 Å². The second-order valence-electron chi connectivity index (χ2n) is 5.17. The van der Waals surface area contributed by atoms with Crippen LogP contribution in [0.5, 0.6) is 0 Å². The van der Waals surface area contributed by atoms with Crippen molar-refractivity contribution < 1.29 is 0 Å². The highest BCUT2D eigenvalue weighted by Crippen LogP contribution is 2.28. The summed E-state index contributed by atoms with van der Waals surface area (Å²) in [7, 11) is 0. The predicted molar refractivity (Wildman–Crippen MR) is 97.5 cm³/mol. The Labute approximate surface area is 134 Å². The second kappa shape index (κ2) is 5.28. The highest BCUT2D eigenvalue weighted by atomic mass is 32.1. The summed E-state index contributed by atoms with van der Waals surface area (Å²) in [6, 6.07) is 26.7. The number of hydrogen-bond acceptors (Lipinski definition) is 1. The van der Waals surface area contributed by atoms with Gasteiger partial charge in [0.15, 0.2) is 5.11 Å². The van der Waals surface area contributed by atoms with Crippen LogP contribution in [0.15, 0.2) is 78.9 Å². The molecule has 0 atom stereocenters. The van der Waals surface area contributed by atoms with Gasteiger partial charge in [0, 0.05) is 16.5 Å². The zero-order chi connectivity index (χ0) is 14.9. The topological polar surface area (TPSA) is 17.0 Å². The van der Waals surface area contributed by atoms with Gasteiger partial charge in [-0.15, -0.1) is 0 Å². The van der Waals surface area contributed by atoms with Crippen molar-refractivity contribution >= 4 is 44.8 Å². The Hall–Kier alpha value is -2.65. The highest BCUT2D eigenvalue weighted by molar-refractivity contribution is 7.80. The van der Waals surface area contributed by atoms with Gasteiger partial charge in [-0.05, 0) is 36.5 Å². The summed E-state index contributed by atoms with van der Waals surface area (Å²) >= 11 is 5.66. The van der Waals surface area contributed by atoms with Crippen LogP contribution in [0, 0.1) is 0 Å². The molecule has 0 aliphatic rings. The van der Waals surface area contributed by atoms with Crippen LogP contribution in [0.4, 0.5) is 5.69 Å². The summed E-state index contributed by atoms with van der Waals surface area (Å²) in [6.45, 7) is 0. The molecule has 4 rings (SSSR count). The number of para-hydroxylation sites is 3. The summed E-state index contributed by atoms with van der Waals surface area (Å²) in [6.07, 6.45) is 0. The van der Waals surface area contributed by atoms with Crippen LogP contribution in [-0.2, 0) is 0 Å². The molecule has 3 aromatic carbocycles. The van der Waals surface area contributed by atoms with Gasteiger partial charge < -0.3 is 5.32 Å². The number of aromatic nitrogens is 1. The molecule has 2 nitrogen and oxygen atoms in total. The maximum Gasteiger partial charge on any atom is 0.182 e. The molecule has 0 spiro atoms. The molecule has 0 saturated heterocycles. The Kier molecular flexibility index (Phi) is 3.13. The smallest absolute Gasteiger partial charge is 0.182 e. The number of fused-ring (bicyclic) bond motifs is 3. The SMILES string of the molecule is S=C(Nc1ccccc1)n1c2ccccc2c2ccccc21. The van der Waals surface area contributed by atoms with Crippen molar-refractivity contribution in [2.75, 3.05) is 5.32 Å². The fourth-order valence-electron chi connectivity index (χ4n) is 2.84. The maximum atomic E-state index is 5.66. The van der Waals surface area contributed by atoms with Crippen molar-refractivity contribution in [2.45, 2.75) is 0 Å². The molecule has 0 bridgehead atoms. The lowest BCUT2D eigenvalue weighted by atomic mass is 10.2. The third kappa shape index (κ3) is 2.07.